The minimum atomic E-state index is -1.05. The van der Waals surface area contributed by atoms with Crippen molar-refractivity contribution in [1.29, 1.82) is 0 Å². The van der Waals surface area contributed by atoms with Crippen LogP contribution < -0.4 is 4.74 Å². The third-order valence-electron chi connectivity index (χ3n) is 3.02. The minimum absolute atomic E-state index is 0.215. The van der Waals surface area contributed by atoms with Gasteiger partial charge in [-0.05, 0) is 38.0 Å². The van der Waals surface area contributed by atoms with E-state index in [1.807, 2.05) is 0 Å². The number of benzene rings is 1. The molecule has 0 unspecified atom stereocenters. The van der Waals surface area contributed by atoms with Gasteiger partial charge in [0.1, 0.15) is 5.75 Å². The van der Waals surface area contributed by atoms with Crippen LogP contribution >= 0.6 is 0 Å². The number of hydrogen-bond donors (Lipinski definition) is 0. The van der Waals surface area contributed by atoms with Gasteiger partial charge in [0, 0.05) is 0 Å². The third-order valence-corrected chi connectivity index (χ3v) is 3.02. The molecule has 5 heteroatoms. The van der Waals surface area contributed by atoms with E-state index in [2.05, 4.69) is 6.92 Å². The van der Waals surface area contributed by atoms with Gasteiger partial charge in [-0.3, -0.25) is 9.59 Å². The van der Waals surface area contributed by atoms with E-state index in [-0.39, 0.29) is 13.2 Å². The Morgan fingerprint density at radius 1 is 0.955 bits per heavy atom. The summed E-state index contributed by atoms with van der Waals surface area (Å²) in [5.41, 5.74) is 0.541. The number of ether oxygens (including phenoxy) is 3. The summed E-state index contributed by atoms with van der Waals surface area (Å²) in [6.07, 6.45) is 2.04. The van der Waals surface area contributed by atoms with E-state index in [4.69, 9.17) is 14.2 Å². The fourth-order valence-corrected chi connectivity index (χ4v) is 1.91. The average Bonchev–Trinajstić information content (AvgIpc) is 2.50. The van der Waals surface area contributed by atoms with E-state index in [0.717, 1.165) is 12.8 Å². The summed E-state index contributed by atoms with van der Waals surface area (Å²) in [5, 5.41) is 0. The molecule has 0 saturated carbocycles. The molecule has 1 rings (SSSR count). The van der Waals surface area contributed by atoms with Crippen LogP contribution in [-0.4, -0.2) is 31.8 Å². The van der Waals surface area contributed by atoms with Gasteiger partial charge >= 0.3 is 11.9 Å². The van der Waals surface area contributed by atoms with Crippen LogP contribution in [0.25, 0.3) is 0 Å². The van der Waals surface area contributed by atoms with E-state index in [9.17, 15) is 9.59 Å². The zero-order valence-electron chi connectivity index (χ0n) is 13.5. The maximum Gasteiger partial charge on any atom is 0.324 e. The highest BCUT2D eigenvalue weighted by molar-refractivity contribution is 6.00. The van der Waals surface area contributed by atoms with E-state index < -0.39 is 17.9 Å². The molecule has 0 radical (unpaired) electrons. The Bertz CT molecular complexity index is 448. The van der Waals surface area contributed by atoms with Gasteiger partial charge in [-0.1, -0.05) is 25.5 Å². The molecule has 122 valence electrons. The summed E-state index contributed by atoms with van der Waals surface area (Å²) >= 11 is 0. The summed E-state index contributed by atoms with van der Waals surface area (Å²) in [6, 6.07) is 6.88. The predicted molar refractivity (Wildman–Crippen MR) is 82.9 cm³/mol. The Morgan fingerprint density at radius 2 is 1.50 bits per heavy atom. The lowest BCUT2D eigenvalue weighted by Gasteiger charge is -2.15. The van der Waals surface area contributed by atoms with E-state index >= 15 is 0 Å². The lowest BCUT2D eigenvalue weighted by molar-refractivity contribution is -0.156. The van der Waals surface area contributed by atoms with Crippen LogP contribution in [0.5, 0.6) is 5.75 Å². The zero-order valence-corrected chi connectivity index (χ0v) is 13.5. The second-order valence-electron chi connectivity index (χ2n) is 4.71. The number of esters is 2. The Morgan fingerprint density at radius 3 is 1.95 bits per heavy atom. The van der Waals surface area contributed by atoms with Gasteiger partial charge in [-0.15, -0.1) is 0 Å². The minimum Gasteiger partial charge on any atom is -0.494 e. The Labute approximate surface area is 131 Å². The van der Waals surface area contributed by atoms with Crippen LogP contribution in [0.2, 0.25) is 0 Å². The molecule has 1 aromatic carbocycles. The molecule has 0 aliphatic heterocycles. The van der Waals surface area contributed by atoms with Crippen molar-refractivity contribution in [2.24, 2.45) is 0 Å². The third kappa shape index (κ3) is 5.39. The summed E-state index contributed by atoms with van der Waals surface area (Å²) in [5.74, 6) is -1.53. The second kappa shape index (κ2) is 9.82. The molecule has 0 amide bonds. The molecule has 0 aliphatic rings. The van der Waals surface area contributed by atoms with Crippen molar-refractivity contribution in [2.45, 2.75) is 39.5 Å². The van der Waals surface area contributed by atoms with Gasteiger partial charge in [-0.2, -0.15) is 0 Å². The lowest BCUT2D eigenvalue weighted by Crippen LogP contribution is -2.26. The first kappa shape index (κ1) is 18.0. The van der Waals surface area contributed by atoms with Crippen molar-refractivity contribution < 1.29 is 23.8 Å². The average molecular weight is 308 g/mol. The molecule has 1 aromatic rings. The SMILES string of the molecule is CCCCOc1ccc(C(C(=O)OCC)C(=O)OCC)cc1. The summed E-state index contributed by atoms with van der Waals surface area (Å²) in [6.45, 7) is 6.57. The van der Waals surface area contributed by atoms with Crippen LogP contribution in [0.4, 0.5) is 0 Å². The maximum atomic E-state index is 12.0. The number of unbranched alkanes of at least 4 members (excludes halogenated alkanes) is 1. The molecular weight excluding hydrogens is 284 g/mol. The first-order chi connectivity index (χ1) is 10.6. The fourth-order valence-electron chi connectivity index (χ4n) is 1.91. The molecule has 0 bridgehead atoms. The van der Waals surface area contributed by atoms with Gasteiger partial charge in [0.2, 0.25) is 0 Å². The summed E-state index contributed by atoms with van der Waals surface area (Å²) in [4.78, 5) is 24.0. The van der Waals surface area contributed by atoms with Gasteiger partial charge in [0.05, 0.1) is 19.8 Å². The Hall–Kier alpha value is -2.04. The molecule has 5 nitrogen and oxygen atoms in total. The van der Waals surface area contributed by atoms with Gasteiger partial charge in [0.15, 0.2) is 5.92 Å². The van der Waals surface area contributed by atoms with Crippen molar-refractivity contribution in [3.63, 3.8) is 0 Å². The smallest absolute Gasteiger partial charge is 0.324 e. The quantitative estimate of drug-likeness (QED) is 0.398. The predicted octanol–water partition coefficient (Wildman–Crippen LogP) is 3.08. The Balaban J connectivity index is 2.85. The highest BCUT2D eigenvalue weighted by Gasteiger charge is 2.31. The summed E-state index contributed by atoms with van der Waals surface area (Å²) in [7, 11) is 0. The Kier molecular flexibility index (Phi) is 8.04. The molecule has 0 aliphatic carbocycles. The first-order valence-electron chi connectivity index (χ1n) is 7.70. The molecular formula is C17H24O5. The number of rotatable bonds is 9. The van der Waals surface area contributed by atoms with Crippen molar-refractivity contribution in [1.82, 2.24) is 0 Å². The summed E-state index contributed by atoms with van der Waals surface area (Å²) < 4.78 is 15.5. The number of hydrogen-bond acceptors (Lipinski definition) is 5. The molecule has 0 heterocycles. The van der Waals surface area contributed by atoms with Crippen molar-refractivity contribution >= 4 is 11.9 Å². The number of carbonyl (C=O) groups excluding carboxylic acids is 2. The molecule has 0 spiro atoms. The lowest BCUT2D eigenvalue weighted by atomic mass is 9.99. The van der Waals surface area contributed by atoms with Crippen molar-refractivity contribution in [3.8, 4) is 5.75 Å². The molecule has 0 fully saturated rings. The number of carbonyl (C=O) groups is 2. The van der Waals surface area contributed by atoms with Gasteiger partial charge < -0.3 is 14.2 Å². The van der Waals surface area contributed by atoms with Crippen LogP contribution in [0.1, 0.15) is 45.1 Å². The van der Waals surface area contributed by atoms with Gasteiger partial charge in [0.25, 0.3) is 0 Å². The van der Waals surface area contributed by atoms with Crippen molar-refractivity contribution in [3.05, 3.63) is 29.8 Å². The maximum absolute atomic E-state index is 12.0. The molecule has 0 N–H and O–H groups in total. The second-order valence-corrected chi connectivity index (χ2v) is 4.71. The molecule has 22 heavy (non-hydrogen) atoms. The van der Waals surface area contributed by atoms with E-state index in [0.29, 0.717) is 17.9 Å². The van der Waals surface area contributed by atoms with E-state index in [1.165, 1.54) is 0 Å². The molecule has 0 aromatic heterocycles. The van der Waals surface area contributed by atoms with Gasteiger partial charge in [-0.25, -0.2) is 0 Å². The van der Waals surface area contributed by atoms with Crippen LogP contribution in [0, 0.1) is 0 Å². The highest BCUT2D eigenvalue weighted by atomic mass is 16.6. The molecule has 0 atom stereocenters. The standard InChI is InChI=1S/C17H24O5/c1-4-7-12-22-14-10-8-13(9-11-14)15(16(18)20-5-2)17(19)21-6-3/h8-11,15H,4-7,12H2,1-3H3. The fraction of sp³-hybridized carbons (Fsp3) is 0.529. The molecule has 0 saturated heterocycles. The van der Waals surface area contributed by atoms with Crippen LogP contribution in [0.3, 0.4) is 0 Å². The normalized spacial score (nSPS) is 10.4. The van der Waals surface area contributed by atoms with E-state index in [1.54, 1.807) is 38.1 Å². The van der Waals surface area contributed by atoms with Crippen molar-refractivity contribution in [2.75, 3.05) is 19.8 Å². The monoisotopic (exact) mass is 308 g/mol. The first-order valence-corrected chi connectivity index (χ1v) is 7.70. The topological polar surface area (TPSA) is 61.8 Å². The zero-order chi connectivity index (χ0) is 16.4. The van der Waals surface area contributed by atoms with Crippen LogP contribution in [0.15, 0.2) is 24.3 Å². The largest absolute Gasteiger partial charge is 0.494 e. The highest BCUT2D eigenvalue weighted by Crippen LogP contribution is 2.22. The van der Waals surface area contributed by atoms with Crippen LogP contribution in [-0.2, 0) is 19.1 Å².